The molecule has 1 unspecified atom stereocenters. The van der Waals surface area contributed by atoms with Crippen LogP contribution in [0.4, 0.5) is 13.2 Å². The summed E-state index contributed by atoms with van der Waals surface area (Å²) in [5.74, 6) is 0. The Bertz CT molecular complexity index is 465. The van der Waals surface area contributed by atoms with Gasteiger partial charge in [0, 0.05) is 6.54 Å². The summed E-state index contributed by atoms with van der Waals surface area (Å²) in [4.78, 5) is 0. The fourth-order valence-electron chi connectivity index (χ4n) is 1.68. The average molecular weight is 271 g/mol. The van der Waals surface area contributed by atoms with Crippen molar-refractivity contribution in [3.8, 4) is 0 Å². The molecule has 0 aliphatic heterocycles. The lowest BCUT2D eigenvalue weighted by molar-refractivity contribution is -0.158. The fourth-order valence-corrected chi connectivity index (χ4v) is 2.35. The van der Waals surface area contributed by atoms with Gasteiger partial charge >= 0.3 is 6.18 Å². The van der Waals surface area contributed by atoms with Crippen LogP contribution in [0.3, 0.4) is 0 Å². The van der Waals surface area contributed by atoms with E-state index < -0.39 is 12.2 Å². The molecule has 1 N–H and O–H groups in total. The summed E-state index contributed by atoms with van der Waals surface area (Å²) in [6.07, 6.45) is -4.29. The number of hydrogen-bond acceptors (Lipinski definition) is 2. The second-order valence-electron chi connectivity index (χ2n) is 3.90. The van der Waals surface area contributed by atoms with Crippen LogP contribution < -0.4 is 5.32 Å². The van der Waals surface area contributed by atoms with Crippen molar-refractivity contribution < 1.29 is 13.2 Å². The lowest BCUT2D eigenvalue weighted by Crippen LogP contribution is -2.33. The van der Waals surface area contributed by atoms with E-state index in [9.17, 15) is 13.2 Å². The number of rotatable bonds is 4. The van der Waals surface area contributed by atoms with Gasteiger partial charge in [0.1, 0.15) is 6.04 Å². The highest BCUT2D eigenvalue weighted by Gasteiger charge is 2.40. The van der Waals surface area contributed by atoms with Gasteiger partial charge in [0.25, 0.3) is 0 Å². The monoisotopic (exact) mass is 271 g/mol. The van der Waals surface area contributed by atoms with E-state index in [1.807, 2.05) is 16.8 Å². The standard InChI is InChI=1S/C13H12F3NS/c14-13(15,16)12(11-4-2-1-3-5-11)17-8-10-6-7-18-9-10/h1-7,9,12,17H,8H2. The summed E-state index contributed by atoms with van der Waals surface area (Å²) < 4.78 is 38.9. The van der Waals surface area contributed by atoms with Crippen molar-refractivity contribution in [2.75, 3.05) is 0 Å². The summed E-state index contributed by atoms with van der Waals surface area (Å²) in [5, 5.41) is 6.25. The molecule has 0 bridgehead atoms. The van der Waals surface area contributed by atoms with Crippen LogP contribution in [0, 0.1) is 0 Å². The molecule has 5 heteroatoms. The maximum atomic E-state index is 13.0. The minimum Gasteiger partial charge on any atom is -0.298 e. The molecule has 96 valence electrons. The SMILES string of the molecule is FC(F)(F)C(NCc1ccsc1)c1ccccc1. The molecule has 0 radical (unpaired) electrons. The minimum absolute atomic E-state index is 0.211. The second-order valence-corrected chi connectivity index (χ2v) is 4.68. The number of alkyl halides is 3. The van der Waals surface area contributed by atoms with Gasteiger partial charge in [-0.2, -0.15) is 24.5 Å². The Morgan fingerprint density at radius 3 is 2.39 bits per heavy atom. The molecule has 0 spiro atoms. The number of nitrogens with one attached hydrogen (secondary N) is 1. The first-order valence-corrected chi connectivity index (χ1v) is 6.38. The zero-order valence-corrected chi connectivity index (χ0v) is 10.3. The highest BCUT2D eigenvalue weighted by molar-refractivity contribution is 7.07. The van der Waals surface area contributed by atoms with E-state index in [0.29, 0.717) is 0 Å². The second kappa shape index (κ2) is 5.54. The molecule has 0 aliphatic carbocycles. The Balaban J connectivity index is 2.12. The van der Waals surface area contributed by atoms with E-state index in [1.165, 1.54) is 23.5 Å². The zero-order valence-electron chi connectivity index (χ0n) is 9.45. The third-order valence-corrected chi connectivity index (χ3v) is 3.28. The number of thiophene rings is 1. The highest BCUT2D eigenvalue weighted by atomic mass is 32.1. The van der Waals surface area contributed by atoms with E-state index in [4.69, 9.17) is 0 Å². The molecule has 2 aromatic rings. The quantitative estimate of drug-likeness (QED) is 0.881. The van der Waals surface area contributed by atoms with Crippen molar-refractivity contribution in [1.82, 2.24) is 5.32 Å². The number of hydrogen-bond donors (Lipinski definition) is 1. The normalized spacial score (nSPS) is 13.5. The number of halogens is 3. The van der Waals surface area contributed by atoms with Gasteiger partial charge in [-0.05, 0) is 28.0 Å². The predicted octanol–water partition coefficient (Wildman–Crippen LogP) is 4.14. The molecule has 0 fully saturated rings. The van der Waals surface area contributed by atoms with Crippen LogP contribution in [-0.4, -0.2) is 6.18 Å². The first-order valence-electron chi connectivity index (χ1n) is 5.43. The summed E-state index contributed by atoms with van der Waals surface area (Å²) in [5.41, 5.74) is 1.10. The largest absolute Gasteiger partial charge is 0.407 e. The molecule has 0 saturated heterocycles. The van der Waals surface area contributed by atoms with Crippen molar-refractivity contribution in [3.05, 3.63) is 58.3 Å². The van der Waals surface area contributed by atoms with Gasteiger partial charge in [-0.1, -0.05) is 30.3 Å². The van der Waals surface area contributed by atoms with Crippen molar-refractivity contribution in [2.24, 2.45) is 0 Å². The van der Waals surface area contributed by atoms with Gasteiger partial charge in [0.05, 0.1) is 0 Å². The maximum Gasteiger partial charge on any atom is 0.407 e. The molecule has 0 saturated carbocycles. The van der Waals surface area contributed by atoms with Crippen LogP contribution in [0.5, 0.6) is 0 Å². The Labute approximate surface area is 107 Å². The van der Waals surface area contributed by atoms with Crippen molar-refractivity contribution in [2.45, 2.75) is 18.8 Å². The van der Waals surface area contributed by atoms with Crippen LogP contribution >= 0.6 is 11.3 Å². The Kier molecular flexibility index (Phi) is 4.04. The van der Waals surface area contributed by atoms with E-state index in [0.717, 1.165) is 5.56 Å². The predicted molar refractivity (Wildman–Crippen MR) is 66.4 cm³/mol. The molecule has 1 aromatic carbocycles. The van der Waals surface area contributed by atoms with E-state index in [2.05, 4.69) is 5.32 Å². The van der Waals surface area contributed by atoms with Gasteiger partial charge in [-0.15, -0.1) is 0 Å². The molecule has 1 heterocycles. The van der Waals surface area contributed by atoms with Gasteiger partial charge in [-0.25, -0.2) is 0 Å². The van der Waals surface area contributed by atoms with Crippen LogP contribution in [0.15, 0.2) is 47.2 Å². The summed E-state index contributed by atoms with van der Waals surface area (Å²) in [6.45, 7) is 0.211. The average Bonchev–Trinajstić information content (AvgIpc) is 2.82. The molecule has 0 amide bonds. The topological polar surface area (TPSA) is 12.0 Å². The lowest BCUT2D eigenvalue weighted by Gasteiger charge is -2.21. The smallest absolute Gasteiger partial charge is 0.298 e. The maximum absolute atomic E-state index is 13.0. The van der Waals surface area contributed by atoms with Gasteiger partial charge in [0.2, 0.25) is 0 Å². The van der Waals surface area contributed by atoms with Crippen molar-refractivity contribution in [1.29, 1.82) is 0 Å². The first kappa shape index (κ1) is 13.1. The lowest BCUT2D eigenvalue weighted by atomic mass is 10.1. The Hall–Kier alpha value is -1.33. The Morgan fingerprint density at radius 1 is 1.11 bits per heavy atom. The van der Waals surface area contributed by atoms with E-state index in [-0.39, 0.29) is 12.1 Å². The molecule has 1 aromatic heterocycles. The molecule has 1 nitrogen and oxygen atoms in total. The molecule has 1 atom stereocenters. The summed E-state index contributed by atoms with van der Waals surface area (Å²) in [7, 11) is 0. The van der Waals surface area contributed by atoms with Crippen molar-refractivity contribution >= 4 is 11.3 Å². The molecular formula is C13H12F3NS. The van der Waals surface area contributed by atoms with Crippen LogP contribution in [0.25, 0.3) is 0 Å². The van der Waals surface area contributed by atoms with Crippen molar-refractivity contribution in [3.63, 3.8) is 0 Å². The minimum atomic E-state index is -4.29. The van der Waals surface area contributed by atoms with E-state index >= 15 is 0 Å². The third-order valence-electron chi connectivity index (χ3n) is 2.55. The van der Waals surface area contributed by atoms with Crippen LogP contribution in [0.2, 0.25) is 0 Å². The Morgan fingerprint density at radius 2 is 1.83 bits per heavy atom. The first-order chi connectivity index (χ1) is 8.57. The molecular weight excluding hydrogens is 259 g/mol. The highest BCUT2D eigenvalue weighted by Crippen LogP contribution is 2.32. The molecule has 18 heavy (non-hydrogen) atoms. The summed E-state index contributed by atoms with van der Waals surface area (Å²) in [6, 6.07) is 8.09. The third kappa shape index (κ3) is 3.34. The zero-order chi connectivity index (χ0) is 13.0. The van der Waals surface area contributed by atoms with Gasteiger partial charge < -0.3 is 0 Å². The van der Waals surface area contributed by atoms with Crippen LogP contribution in [-0.2, 0) is 6.54 Å². The fraction of sp³-hybridized carbons (Fsp3) is 0.231. The van der Waals surface area contributed by atoms with Gasteiger partial charge in [-0.3, -0.25) is 5.32 Å². The van der Waals surface area contributed by atoms with Gasteiger partial charge in [0.15, 0.2) is 0 Å². The van der Waals surface area contributed by atoms with Crippen LogP contribution in [0.1, 0.15) is 17.2 Å². The number of benzene rings is 1. The van der Waals surface area contributed by atoms with E-state index in [1.54, 1.807) is 18.2 Å². The molecule has 2 rings (SSSR count). The molecule has 0 aliphatic rings. The summed E-state index contributed by atoms with van der Waals surface area (Å²) >= 11 is 1.47.